The molecule has 0 bridgehead atoms. The Labute approximate surface area is 161 Å². The number of fused-ring (bicyclic) bond motifs is 1. The molecule has 0 saturated carbocycles. The average Bonchev–Trinajstić information content (AvgIpc) is 3.08. The summed E-state index contributed by atoms with van der Waals surface area (Å²) in [7, 11) is 0. The number of nitrogens with zero attached hydrogens (tertiary/aromatic N) is 3. The number of non-ortho nitro benzene ring substituents is 1. The smallest absolute Gasteiger partial charge is 0.275 e. The van der Waals surface area contributed by atoms with Crippen molar-refractivity contribution < 1.29 is 14.5 Å². The predicted octanol–water partition coefficient (Wildman–Crippen LogP) is 0.820. The molecule has 3 rings (SSSR count). The molecule has 27 heavy (non-hydrogen) atoms. The van der Waals surface area contributed by atoms with Crippen molar-refractivity contribution in [1.29, 1.82) is 0 Å². The molecular weight excluding hydrogens is 376 g/mol. The van der Waals surface area contributed by atoms with Crippen molar-refractivity contribution in [2.45, 2.75) is 12.8 Å². The van der Waals surface area contributed by atoms with Gasteiger partial charge in [0.15, 0.2) is 5.69 Å². The van der Waals surface area contributed by atoms with Gasteiger partial charge in [-0.05, 0) is 18.9 Å². The van der Waals surface area contributed by atoms with Gasteiger partial charge >= 0.3 is 0 Å². The molecule has 4 N–H and O–H groups in total. The molecule has 1 aromatic heterocycles. The Bertz CT molecular complexity index is 855. The molecule has 1 saturated heterocycles. The fourth-order valence-corrected chi connectivity index (χ4v) is 3.14. The van der Waals surface area contributed by atoms with E-state index in [-0.39, 0.29) is 41.5 Å². The number of nitrogens with two attached hydrogens (primary N) is 1. The van der Waals surface area contributed by atoms with E-state index in [1.54, 1.807) is 4.90 Å². The number of H-pyrrole nitrogens is 1. The first-order valence-electron chi connectivity index (χ1n) is 8.41. The quantitative estimate of drug-likeness (QED) is 0.503. The molecule has 1 aliphatic heterocycles. The summed E-state index contributed by atoms with van der Waals surface area (Å²) in [5.74, 6) is -0.748. The van der Waals surface area contributed by atoms with Crippen LogP contribution >= 0.6 is 12.4 Å². The third-order valence-corrected chi connectivity index (χ3v) is 4.48. The highest BCUT2D eigenvalue weighted by molar-refractivity contribution is 6.05. The van der Waals surface area contributed by atoms with Crippen molar-refractivity contribution in [3.63, 3.8) is 0 Å². The van der Waals surface area contributed by atoms with Crippen LogP contribution in [0.15, 0.2) is 18.2 Å². The van der Waals surface area contributed by atoms with E-state index >= 15 is 0 Å². The minimum atomic E-state index is -0.514. The highest BCUT2D eigenvalue weighted by Crippen LogP contribution is 2.25. The van der Waals surface area contributed by atoms with E-state index in [0.717, 1.165) is 0 Å². The maximum Gasteiger partial charge on any atom is 0.275 e. The van der Waals surface area contributed by atoms with Gasteiger partial charge in [-0.2, -0.15) is 5.10 Å². The Morgan fingerprint density at radius 3 is 2.93 bits per heavy atom. The highest BCUT2D eigenvalue weighted by atomic mass is 35.5. The first-order chi connectivity index (χ1) is 12.5. The van der Waals surface area contributed by atoms with Crippen LogP contribution < -0.4 is 11.1 Å². The van der Waals surface area contributed by atoms with Crippen LogP contribution in [-0.4, -0.2) is 58.0 Å². The van der Waals surface area contributed by atoms with E-state index in [4.69, 9.17) is 5.73 Å². The number of piperidine rings is 1. The van der Waals surface area contributed by atoms with Gasteiger partial charge in [0, 0.05) is 43.7 Å². The van der Waals surface area contributed by atoms with E-state index in [2.05, 4.69) is 15.5 Å². The number of nitro groups is 1. The number of benzene rings is 1. The lowest BCUT2D eigenvalue weighted by Crippen LogP contribution is -2.46. The Kier molecular flexibility index (Phi) is 6.70. The minimum absolute atomic E-state index is 0. The molecule has 0 aliphatic carbocycles. The molecule has 0 spiro atoms. The molecule has 1 fully saturated rings. The third-order valence-electron chi connectivity index (χ3n) is 4.48. The first-order valence-corrected chi connectivity index (χ1v) is 8.41. The number of likely N-dealkylation sites (tertiary alicyclic amines) is 1. The number of nitrogens with one attached hydrogen (secondary N) is 2. The van der Waals surface area contributed by atoms with E-state index in [1.165, 1.54) is 18.2 Å². The molecule has 1 atom stereocenters. The number of carbonyl (C=O) groups excluding carboxylic acids is 2. The number of nitro benzene ring substituents is 1. The van der Waals surface area contributed by atoms with Crippen molar-refractivity contribution in [2.75, 3.05) is 26.2 Å². The van der Waals surface area contributed by atoms with Crippen LogP contribution in [0, 0.1) is 16.0 Å². The van der Waals surface area contributed by atoms with Crippen molar-refractivity contribution in [3.8, 4) is 0 Å². The van der Waals surface area contributed by atoms with Gasteiger partial charge in [-0.3, -0.25) is 24.8 Å². The van der Waals surface area contributed by atoms with Crippen LogP contribution in [0.1, 0.15) is 23.3 Å². The summed E-state index contributed by atoms with van der Waals surface area (Å²) in [6, 6.07) is 4.21. The van der Waals surface area contributed by atoms with E-state index in [9.17, 15) is 19.7 Å². The van der Waals surface area contributed by atoms with Gasteiger partial charge in [0.25, 0.3) is 11.6 Å². The number of aromatic amines is 1. The van der Waals surface area contributed by atoms with Crippen LogP contribution in [0.25, 0.3) is 10.9 Å². The molecule has 11 heteroatoms. The lowest BCUT2D eigenvalue weighted by atomic mass is 9.96. The maximum atomic E-state index is 12.9. The van der Waals surface area contributed by atoms with Gasteiger partial charge < -0.3 is 16.0 Å². The number of hydrogen-bond acceptors (Lipinski definition) is 6. The standard InChI is InChI=1S/C16H20N6O4.ClH/c17-5-6-18-15(23)10-2-1-7-21(9-10)16(24)14-12-8-11(22(25)26)3-4-13(12)19-20-14;/h3-4,8,10H,1-2,5-7,9,17H2,(H,18,23)(H,19,20);1H. The van der Waals surface area contributed by atoms with Crippen LogP contribution in [0.2, 0.25) is 0 Å². The van der Waals surface area contributed by atoms with Gasteiger partial charge in [0.1, 0.15) is 0 Å². The van der Waals surface area contributed by atoms with Gasteiger partial charge in [0.2, 0.25) is 5.91 Å². The largest absolute Gasteiger partial charge is 0.355 e. The lowest BCUT2D eigenvalue weighted by Gasteiger charge is -2.31. The predicted molar refractivity (Wildman–Crippen MR) is 101 cm³/mol. The Hall–Kier alpha value is -2.72. The maximum absolute atomic E-state index is 12.9. The number of halogens is 1. The molecule has 1 aliphatic rings. The fraction of sp³-hybridized carbons (Fsp3) is 0.438. The van der Waals surface area contributed by atoms with Crippen LogP contribution in [0.4, 0.5) is 5.69 Å². The van der Waals surface area contributed by atoms with E-state index in [1.807, 2.05) is 0 Å². The summed E-state index contributed by atoms with van der Waals surface area (Å²) in [5, 5.41) is 20.9. The summed E-state index contributed by atoms with van der Waals surface area (Å²) in [4.78, 5) is 37.0. The Morgan fingerprint density at radius 2 is 2.22 bits per heavy atom. The SMILES string of the molecule is Cl.NCCNC(=O)C1CCCN(C(=O)c2n[nH]c3ccc([N+](=O)[O-])cc23)C1. The van der Waals surface area contributed by atoms with Crippen molar-refractivity contribution in [2.24, 2.45) is 11.7 Å². The second-order valence-corrected chi connectivity index (χ2v) is 6.23. The Morgan fingerprint density at radius 1 is 1.44 bits per heavy atom. The van der Waals surface area contributed by atoms with Gasteiger partial charge in [-0.15, -0.1) is 12.4 Å². The van der Waals surface area contributed by atoms with Crippen LogP contribution in [0.3, 0.4) is 0 Å². The monoisotopic (exact) mass is 396 g/mol. The van der Waals surface area contributed by atoms with Gasteiger partial charge in [-0.1, -0.05) is 0 Å². The molecule has 2 aromatic rings. The number of hydrogen-bond donors (Lipinski definition) is 3. The zero-order valence-corrected chi connectivity index (χ0v) is 15.3. The van der Waals surface area contributed by atoms with Gasteiger partial charge in [-0.25, -0.2) is 0 Å². The second kappa shape index (κ2) is 8.78. The third kappa shape index (κ3) is 4.34. The number of carbonyl (C=O) groups is 2. The molecule has 146 valence electrons. The fourth-order valence-electron chi connectivity index (χ4n) is 3.14. The van der Waals surface area contributed by atoms with E-state index in [0.29, 0.717) is 49.9 Å². The van der Waals surface area contributed by atoms with Gasteiger partial charge in [0.05, 0.1) is 16.4 Å². The molecular formula is C16H21ClN6O4. The van der Waals surface area contributed by atoms with Crippen LogP contribution in [-0.2, 0) is 4.79 Å². The van der Waals surface area contributed by atoms with Crippen molar-refractivity contribution in [1.82, 2.24) is 20.4 Å². The van der Waals surface area contributed by atoms with Crippen molar-refractivity contribution in [3.05, 3.63) is 34.0 Å². The molecule has 10 nitrogen and oxygen atoms in total. The minimum Gasteiger partial charge on any atom is -0.355 e. The zero-order chi connectivity index (χ0) is 18.7. The number of aromatic nitrogens is 2. The summed E-state index contributed by atoms with van der Waals surface area (Å²) >= 11 is 0. The molecule has 2 heterocycles. The first kappa shape index (κ1) is 20.6. The molecule has 1 aromatic carbocycles. The number of amides is 2. The van der Waals surface area contributed by atoms with Crippen molar-refractivity contribution >= 4 is 40.8 Å². The number of rotatable bonds is 5. The summed E-state index contributed by atoms with van der Waals surface area (Å²) in [6.45, 7) is 1.57. The zero-order valence-electron chi connectivity index (χ0n) is 14.5. The lowest BCUT2D eigenvalue weighted by molar-refractivity contribution is -0.384. The summed E-state index contributed by atoms with van der Waals surface area (Å²) in [6.07, 6.45) is 1.40. The molecule has 0 radical (unpaired) electrons. The summed E-state index contributed by atoms with van der Waals surface area (Å²) in [5.41, 5.74) is 5.97. The highest BCUT2D eigenvalue weighted by Gasteiger charge is 2.30. The topological polar surface area (TPSA) is 147 Å². The van der Waals surface area contributed by atoms with E-state index < -0.39 is 4.92 Å². The summed E-state index contributed by atoms with van der Waals surface area (Å²) < 4.78 is 0. The molecule has 1 unspecified atom stereocenters. The normalized spacial score (nSPS) is 16.6. The Balaban J connectivity index is 0.00000261. The average molecular weight is 397 g/mol. The second-order valence-electron chi connectivity index (χ2n) is 6.23. The molecule has 2 amide bonds. The van der Waals surface area contributed by atoms with Crippen LogP contribution in [0.5, 0.6) is 0 Å².